The third-order valence-electron chi connectivity index (χ3n) is 5.64. The topological polar surface area (TPSA) is 76.4 Å². The Hall–Kier alpha value is -2.37. The highest BCUT2D eigenvalue weighted by atomic mass is 35.5. The summed E-state index contributed by atoms with van der Waals surface area (Å²) in [6, 6.07) is 15.6. The van der Waals surface area contributed by atoms with Gasteiger partial charge in [0.1, 0.15) is 5.54 Å². The lowest BCUT2D eigenvalue weighted by Crippen LogP contribution is -2.46. The van der Waals surface area contributed by atoms with Gasteiger partial charge in [-0.15, -0.1) is 0 Å². The molecule has 2 aromatic rings. The Morgan fingerprint density at radius 3 is 2.57 bits per heavy atom. The van der Waals surface area contributed by atoms with Gasteiger partial charge in [-0.2, -0.15) is 0 Å². The van der Waals surface area contributed by atoms with E-state index in [9.17, 15) is 9.90 Å². The lowest BCUT2D eigenvalue weighted by atomic mass is 9.83. The number of halogens is 1. The van der Waals surface area contributed by atoms with Crippen LogP contribution >= 0.6 is 11.6 Å². The molecule has 1 aliphatic heterocycles. The number of hydrogen-bond donors (Lipinski definition) is 3. The predicted octanol–water partition coefficient (Wildman–Crippen LogP) is 3.61. The maximum Gasteiger partial charge on any atom is 0.260 e. The zero-order chi connectivity index (χ0) is 19.9. The maximum absolute atomic E-state index is 13.5. The molecule has 0 aromatic heterocycles. The average molecular weight is 398 g/mol. The quantitative estimate of drug-likeness (QED) is 0.696. The Kier molecular flexibility index (Phi) is 4.89. The Labute approximate surface area is 169 Å². The molecular formula is C22H24ClN3O2. The molecule has 1 heterocycles. The fraction of sp³-hybridized carbons (Fsp3) is 0.364. The van der Waals surface area contributed by atoms with E-state index in [1.54, 1.807) is 0 Å². The van der Waals surface area contributed by atoms with Crippen LogP contribution in [0.4, 0.5) is 0 Å². The summed E-state index contributed by atoms with van der Waals surface area (Å²) >= 11 is 6.15. The highest BCUT2D eigenvalue weighted by molar-refractivity contribution is 6.30. The number of rotatable bonds is 6. The van der Waals surface area contributed by atoms with Crippen molar-refractivity contribution in [2.24, 2.45) is 11.8 Å². The summed E-state index contributed by atoms with van der Waals surface area (Å²) in [6.07, 6.45) is 1.91. The van der Waals surface area contributed by atoms with Gasteiger partial charge in [0.15, 0.2) is 5.96 Å². The van der Waals surface area contributed by atoms with E-state index in [-0.39, 0.29) is 30.3 Å². The lowest BCUT2D eigenvalue weighted by Gasteiger charge is -2.28. The van der Waals surface area contributed by atoms with Crippen LogP contribution in [0.25, 0.3) is 11.1 Å². The molecule has 1 amide bonds. The molecule has 1 aliphatic carbocycles. The first-order chi connectivity index (χ1) is 13.5. The Morgan fingerprint density at radius 2 is 1.93 bits per heavy atom. The van der Waals surface area contributed by atoms with Gasteiger partial charge in [-0.3, -0.25) is 15.1 Å². The van der Waals surface area contributed by atoms with Gasteiger partial charge in [0.25, 0.3) is 5.91 Å². The van der Waals surface area contributed by atoms with Crippen LogP contribution in [-0.4, -0.2) is 35.0 Å². The van der Waals surface area contributed by atoms with E-state index >= 15 is 0 Å². The van der Waals surface area contributed by atoms with Crippen LogP contribution in [0.5, 0.6) is 0 Å². The van der Waals surface area contributed by atoms with Crippen molar-refractivity contribution in [2.45, 2.75) is 25.3 Å². The van der Waals surface area contributed by atoms with Crippen molar-refractivity contribution < 1.29 is 9.90 Å². The molecular weight excluding hydrogens is 374 g/mol. The second-order valence-electron chi connectivity index (χ2n) is 7.85. The second-order valence-corrected chi connectivity index (χ2v) is 8.29. The molecule has 0 radical (unpaired) electrons. The summed E-state index contributed by atoms with van der Waals surface area (Å²) in [5.74, 6) is 0.109. The Balaban J connectivity index is 1.74. The number of hydrogen-bond acceptors (Lipinski definition) is 3. The molecule has 2 aliphatic rings. The van der Waals surface area contributed by atoms with Crippen LogP contribution in [0, 0.1) is 17.2 Å². The third kappa shape index (κ3) is 3.19. The van der Waals surface area contributed by atoms with Crippen molar-refractivity contribution >= 4 is 23.5 Å². The van der Waals surface area contributed by atoms with Crippen molar-refractivity contribution in [1.29, 1.82) is 5.41 Å². The van der Waals surface area contributed by atoms with Crippen molar-refractivity contribution in [1.82, 2.24) is 10.2 Å². The Morgan fingerprint density at radius 1 is 1.25 bits per heavy atom. The number of carbonyl (C=O) groups is 1. The molecule has 1 saturated carbocycles. The molecule has 2 fully saturated rings. The molecule has 6 heteroatoms. The monoisotopic (exact) mass is 397 g/mol. The number of benzene rings is 2. The van der Waals surface area contributed by atoms with Crippen molar-refractivity contribution in [3.63, 3.8) is 0 Å². The molecule has 1 saturated heterocycles. The first-order valence-electron chi connectivity index (χ1n) is 9.61. The van der Waals surface area contributed by atoms with Crippen LogP contribution in [0.1, 0.15) is 25.3 Å². The van der Waals surface area contributed by atoms with Crippen LogP contribution in [0.2, 0.25) is 5.02 Å². The van der Waals surface area contributed by atoms with E-state index in [2.05, 4.69) is 5.32 Å². The van der Waals surface area contributed by atoms with Crippen LogP contribution in [0.15, 0.2) is 48.5 Å². The number of amides is 1. The van der Waals surface area contributed by atoms with E-state index in [1.807, 2.05) is 55.5 Å². The van der Waals surface area contributed by atoms with Crippen molar-refractivity contribution in [2.75, 3.05) is 13.2 Å². The number of nitrogens with one attached hydrogen (secondary N) is 2. The molecule has 3 N–H and O–H groups in total. The molecule has 4 rings (SSSR count). The van der Waals surface area contributed by atoms with Crippen molar-refractivity contribution in [3.05, 3.63) is 59.1 Å². The minimum Gasteiger partial charge on any atom is -0.396 e. The van der Waals surface area contributed by atoms with Gasteiger partial charge in [-0.05, 0) is 59.6 Å². The van der Waals surface area contributed by atoms with Crippen LogP contribution in [0.3, 0.4) is 0 Å². The van der Waals surface area contributed by atoms with E-state index < -0.39 is 5.54 Å². The summed E-state index contributed by atoms with van der Waals surface area (Å²) in [6.45, 7) is 2.19. The van der Waals surface area contributed by atoms with Gasteiger partial charge in [0.05, 0.1) is 0 Å². The van der Waals surface area contributed by atoms with E-state index in [0.29, 0.717) is 11.6 Å². The second kappa shape index (κ2) is 7.22. The third-order valence-corrected chi connectivity index (χ3v) is 5.87. The zero-order valence-electron chi connectivity index (χ0n) is 15.8. The average Bonchev–Trinajstić information content (AvgIpc) is 3.51. The fourth-order valence-electron chi connectivity index (χ4n) is 4.00. The van der Waals surface area contributed by atoms with Gasteiger partial charge >= 0.3 is 0 Å². The molecule has 2 atom stereocenters. The summed E-state index contributed by atoms with van der Waals surface area (Å²) in [5.41, 5.74) is 1.96. The van der Waals surface area contributed by atoms with E-state index in [0.717, 1.165) is 29.5 Å². The molecule has 2 unspecified atom stereocenters. The molecule has 2 aromatic carbocycles. The summed E-state index contributed by atoms with van der Waals surface area (Å²) in [7, 11) is 0. The zero-order valence-corrected chi connectivity index (χ0v) is 16.5. The van der Waals surface area contributed by atoms with Gasteiger partial charge in [0.2, 0.25) is 0 Å². The number of aliphatic hydroxyl groups excluding tert-OH is 1. The van der Waals surface area contributed by atoms with Crippen LogP contribution < -0.4 is 5.32 Å². The summed E-state index contributed by atoms with van der Waals surface area (Å²) in [5, 5.41) is 21.6. The highest BCUT2D eigenvalue weighted by Crippen LogP contribution is 2.49. The Bertz CT molecular complexity index is 928. The molecule has 0 bridgehead atoms. The minimum absolute atomic E-state index is 0.0161. The van der Waals surface area contributed by atoms with Gasteiger partial charge in [-0.1, -0.05) is 48.9 Å². The summed E-state index contributed by atoms with van der Waals surface area (Å²) < 4.78 is 0. The fourth-order valence-corrected chi connectivity index (χ4v) is 4.19. The summed E-state index contributed by atoms with van der Waals surface area (Å²) in [4.78, 5) is 15.0. The molecule has 146 valence electrons. The van der Waals surface area contributed by atoms with Gasteiger partial charge in [-0.25, -0.2) is 0 Å². The normalized spacial score (nSPS) is 23.0. The van der Waals surface area contributed by atoms with Gasteiger partial charge < -0.3 is 10.4 Å². The van der Waals surface area contributed by atoms with Gasteiger partial charge in [0, 0.05) is 18.2 Å². The minimum atomic E-state index is -0.902. The number of aliphatic hydroxyl groups is 1. The maximum atomic E-state index is 13.5. The van der Waals surface area contributed by atoms with E-state index in [4.69, 9.17) is 17.0 Å². The van der Waals surface area contributed by atoms with Crippen molar-refractivity contribution in [3.8, 4) is 11.1 Å². The first kappa shape index (κ1) is 19.0. The number of guanidine groups is 1. The van der Waals surface area contributed by atoms with Crippen LogP contribution in [-0.2, 0) is 10.3 Å². The predicted molar refractivity (Wildman–Crippen MR) is 110 cm³/mol. The molecule has 28 heavy (non-hydrogen) atoms. The van der Waals surface area contributed by atoms with E-state index in [1.165, 1.54) is 4.90 Å². The smallest absolute Gasteiger partial charge is 0.260 e. The number of carbonyl (C=O) groups excluding carboxylic acids is 1. The number of nitrogens with zero attached hydrogens (tertiary/aromatic N) is 1. The lowest BCUT2D eigenvalue weighted by molar-refractivity contribution is -0.132. The largest absolute Gasteiger partial charge is 0.396 e. The molecule has 0 spiro atoms. The molecule has 5 nitrogen and oxygen atoms in total. The highest BCUT2D eigenvalue weighted by Gasteiger charge is 2.59. The first-order valence-corrected chi connectivity index (χ1v) is 9.99. The SMILES string of the molecule is CC(CO)CN1C(=N)NC(c2cccc(-c3cccc(Cl)c3)c2)(C2CC2)C1=O. The standard InChI is InChI=1S/C22H24ClN3O2/c1-14(13-27)12-26-20(28)22(17-8-9-17,25-21(26)24)18-6-2-4-15(10-18)16-5-3-7-19(23)11-16/h2-7,10-11,14,17,27H,8-9,12-13H2,1H3,(H2,24,25).